The highest BCUT2D eigenvalue weighted by atomic mass is 35.5. The number of halogens is 1. The molecule has 2 aromatic heterocycles. The van der Waals surface area contributed by atoms with Gasteiger partial charge in [-0.2, -0.15) is 9.97 Å². The molecule has 0 atom stereocenters. The fraction of sp³-hybridized carbons (Fsp3) is 0.267. The first kappa shape index (κ1) is 14.7. The van der Waals surface area contributed by atoms with Gasteiger partial charge in [-0.3, -0.25) is 0 Å². The summed E-state index contributed by atoms with van der Waals surface area (Å²) in [6.45, 7) is 1.39. The van der Waals surface area contributed by atoms with Gasteiger partial charge in [0.15, 0.2) is 17.0 Å². The molecule has 0 aliphatic heterocycles. The molecule has 3 aromatic rings. The van der Waals surface area contributed by atoms with E-state index in [9.17, 15) is 0 Å². The molecule has 0 bridgehead atoms. The highest BCUT2D eigenvalue weighted by Crippen LogP contribution is 2.21. The van der Waals surface area contributed by atoms with Crippen molar-refractivity contribution in [1.82, 2.24) is 19.5 Å². The SMILES string of the molecule is OCCCn1cnc2c(NCc3ccccc3)nc(Cl)nc21. The first-order valence-electron chi connectivity index (χ1n) is 7.05. The van der Waals surface area contributed by atoms with Gasteiger partial charge in [0, 0.05) is 19.7 Å². The maximum Gasteiger partial charge on any atom is 0.226 e. The van der Waals surface area contributed by atoms with E-state index in [4.69, 9.17) is 16.7 Å². The molecule has 0 amide bonds. The molecular formula is C15H16ClN5O. The Morgan fingerprint density at radius 1 is 1.18 bits per heavy atom. The molecule has 0 fully saturated rings. The predicted molar refractivity (Wildman–Crippen MR) is 85.8 cm³/mol. The Morgan fingerprint density at radius 2 is 2.00 bits per heavy atom. The third-order valence-corrected chi connectivity index (χ3v) is 3.47. The van der Waals surface area contributed by atoms with Crippen LogP contribution in [0.15, 0.2) is 36.7 Å². The maximum absolute atomic E-state index is 8.95. The van der Waals surface area contributed by atoms with Crippen molar-refractivity contribution in [2.75, 3.05) is 11.9 Å². The van der Waals surface area contributed by atoms with E-state index in [0.717, 1.165) is 5.56 Å². The van der Waals surface area contributed by atoms with Gasteiger partial charge in [-0.1, -0.05) is 30.3 Å². The summed E-state index contributed by atoms with van der Waals surface area (Å²) in [5.74, 6) is 0.613. The Labute approximate surface area is 132 Å². The van der Waals surface area contributed by atoms with Gasteiger partial charge in [-0.05, 0) is 23.6 Å². The minimum absolute atomic E-state index is 0.123. The summed E-state index contributed by atoms with van der Waals surface area (Å²) >= 11 is 6.02. The van der Waals surface area contributed by atoms with Crippen LogP contribution in [0.2, 0.25) is 5.28 Å². The second-order valence-corrected chi connectivity index (χ2v) is 5.21. The smallest absolute Gasteiger partial charge is 0.226 e. The number of aliphatic hydroxyl groups excluding tert-OH is 1. The lowest BCUT2D eigenvalue weighted by Gasteiger charge is -2.07. The Hall–Kier alpha value is -2.18. The molecule has 0 aliphatic rings. The molecule has 6 nitrogen and oxygen atoms in total. The Balaban J connectivity index is 1.87. The van der Waals surface area contributed by atoms with Crippen LogP contribution in [0, 0.1) is 0 Å². The number of aromatic nitrogens is 4. The number of aryl methyl sites for hydroxylation is 1. The van der Waals surface area contributed by atoms with Crippen molar-refractivity contribution in [3.05, 3.63) is 47.5 Å². The minimum atomic E-state index is 0.123. The fourth-order valence-electron chi connectivity index (χ4n) is 2.23. The van der Waals surface area contributed by atoms with Gasteiger partial charge in [0.05, 0.1) is 6.33 Å². The standard InChI is InChI=1S/C15H16ClN5O/c16-15-19-13(17-9-11-5-2-1-3-6-11)12-14(20-15)21(10-18-12)7-4-8-22/h1-3,5-6,10,22H,4,7-9H2,(H,17,19,20). The fourth-order valence-corrected chi connectivity index (χ4v) is 2.39. The lowest BCUT2D eigenvalue weighted by molar-refractivity contribution is 0.280. The average molecular weight is 318 g/mol. The third-order valence-electron chi connectivity index (χ3n) is 3.30. The zero-order chi connectivity index (χ0) is 15.4. The molecule has 0 saturated carbocycles. The topological polar surface area (TPSA) is 75.9 Å². The van der Waals surface area contributed by atoms with Crippen LogP contribution in [0.25, 0.3) is 11.2 Å². The third kappa shape index (κ3) is 3.18. The number of imidazole rings is 1. The summed E-state index contributed by atoms with van der Waals surface area (Å²) in [4.78, 5) is 12.8. The summed E-state index contributed by atoms with van der Waals surface area (Å²) in [6, 6.07) is 10.0. The molecule has 2 N–H and O–H groups in total. The van der Waals surface area contributed by atoms with Crippen molar-refractivity contribution in [2.24, 2.45) is 0 Å². The number of benzene rings is 1. The molecule has 2 heterocycles. The zero-order valence-electron chi connectivity index (χ0n) is 11.9. The number of hydrogen-bond acceptors (Lipinski definition) is 5. The van der Waals surface area contributed by atoms with Crippen molar-refractivity contribution < 1.29 is 5.11 Å². The monoisotopic (exact) mass is 317 g/mol. The van der Waals surface area contributed by atoms with Gasteiger partial charge in [0.25, 0.3) is 0 Å². The van der Waals surface area contributed by atoms with Crippen molar-refractivity contribution in [3.63, 3.8) is 0 Å². The molecule has 0 unspecified atom stereocenters. The van der Waals surface area contributed by atoms with E-state index in [-0.39, 0.29) is 11.9 Å². The number of nitrogens with zero attached hydrogens (tertiary/aromatic N) is 4. The van der Waals surface area contributed by atoms with Crippen molar-refractivity contribution in [1.29, 1.82) is 0 Å². The van der Waals surface area contributed by atoms with Gasteiger partial charge < -0.3 is 15.0 Å². The van der Waals surface area contributed by atoms with Crippen LogP contribution < -0.4 is 5.32 Å². The summed E-state index contributed by atoms with van der Waals surface area (Å²) in [7, 11) is 0. The van der Waals surface area contributed by atoms with Crippen molar-refractivity contribution in [3.8, 4) is 0 Å². The van der Waals surface area contributed by atoms with E-state index in [1.165, 1.54) is 0 Å². The van der Waals surface area contributed by atoms with Crippen LogP contribution in [0.1, 0.15) is 12.0 Å². The van der Waals surface area contributed by atoms with Crippen LogP contribution in [-0.4, -0.2) is 31.2 Å². The number of aliphatic hydroxyl groups is 1. The van der Waals surface area contributed by atoms with Crippen LogP contribution in [0.3, 0.4) is 0 Å². The van der Waals surface area contributed by atoms with E-state index >= 15 is 0 Å². The van der Waals surface area contributed by atoms with Gasteiger partial charge in [0.1, 0.15) is 0 Å². The number of rotatable bonds is 6. The number of hydrogen-bond donors (Lipinski definition) is 2. The first-order valence-corrected chi connectivity index (χ1v) is 7.43. The van der Waals surface area contributed by atoms with E-state index < -0.39 is 0 Å². The lowest BCUT2D eigenvalue weighted by Crippen LogP contribution is -2.05. The first-order chi connectivity index (χ1) is 10.8. The molecule has 0 spiro atoms. The molecule has 0 saturated heterocycles. The molecule has 3 rings (SSSR count). The van der Waals surface area contributed by atoms with E-state index in [1.807, 2.05) is 34.9 Å². The van der Waals surface area contributed by atoms with E-state index in [0.29, 0.717) is 36.5 Å². The summed E-state index contributed by atoms with van der Waals surface area (Å²) in [5, 5.41) is 12.4. The number of anilines is 1. The highest BCUT2D eigenvalue weighted by molar-refractivity contribution is 6.28. The Kier molecular flexibility index (Phi) is 4.50. The Bertz CT molecular complexity index is 759. The maximum atomic E-state index is 8.95. The normalized spacial score (nSPS) is 11.0. The van der Waals surface area contributed by atoms with Crippen LogP contribution in [0.4, 0.5) is 5.82 Å². The molecule has 7 heteroatoms. The molecule has 0 radical (unpaired) electrons. The quantitative estimate of drug-likeness (QED) is 0.683. The van der Waals surface area contributed by atoms with Crippen LogP contribution >= 0.6 is 11.6 Å². The molecule has 22 heavy (non-hydrogen) atoms. The summed E-state index contributed by atoms with van der Waals surface area (Å²) in [5.41, 5.74) is 2.49. The highest BCUT2D eigenvalue weighted by Gasteiger charge is 2.12. The minimum Gasteiger partial charge on any atom is -0.396 e. The number of fused-ring (bicyclic) bond motifs is 1. The number of nitrogens with one attached hydrogen (secondary N) is 1. The second-order valence-electron chi connectivity index (χ2n) is 4.87. The molecule has 114 valence electrons. The van der Waals surface area contributed by atoms with Crippen molar-refractivity contribution >= 4 is 28.6 Å². The van der Waals surface area contributed by atoms with Crippen LogP contribution in [-0.2, 0) is 13.1 Å². The molecular weight excluding hydrogens is 302 g/mol. The Morgan fingerprint density at radius 3 is 2.77 bits per heavy atom. The average Bonchev–Trinajstić information content (AvgIpc) is 2.94. The largest absolute Gasteiger partial charge is 0.396 e. The van der Waals surface area contributed by atoms with Crippen molar-refractivity contribution in [2.45, 2.75) is 19.5 Å². The summed E-state index contributed by atoms with van der Waals surface area (Å²) < 4.78 is 1.87. The van der Waals surface area contributed by atoms with Gasteiger partial charge in [-0.25, -0.2) is 4.98 Å². The molecule has 1 aromatic carbocycles. The predicted octanol–water partition coefficient (Wildman–Crippen LogP) is 2.47. The molecule has 0 aliphatic carbocycles. The van der Waals surface area contributed by atoms with Gasteiger partial charge in [-0.15, -0.1) is 0 Å². The van der Waals surface area contributed by atoms with Gasteiger partial charge >= 0.3 is 0 Å². The second kappa shape index (κ2) is 6.72. The van der Waals surface area contributed by atoms with E-state index in [2.05, 4.69) is 20.3 Å². The lowest BCUT2D eigenvalue weighted by atomic mass is 10.2. The van der Waals surface area contributed by atoms with Gasteiger partial charge in [0.2, 0.25) is 5.28 Å². The van der Waals surface area contributed by atoms with Crippen LogP contribution in [0.5, 0.6) is 0 Å². The zero-order valence-corrected chi connectivity index (χ0v) is 12.7. The summed E-state index contributed by atoms with van der Waals surface area (Å²) in [6.07, 6.45) is 2.33. The van der Waals surface area contributed by atoms with E-state index in [1.54, 1.807) is 6.33 Å².